The van der Waals surface area contributed by atoms with Crippen LogP contribution in [0.25, 0.3) is 0 Å². The number of aliphatic hydroxyl groups is 2. The van der Waals surface area contributed by atoms with Crippen molar-refractivity contribution in [3.63, 3.8) is 0 Å². The molecule has 7 heteroatoms. The van der Waals surface area contributed by atoms with Crippen LogP contribution in [0.2, 0.25) is 0 Å². The molecule has 112 valence electrons. The maximum Gasteiger partial charge on any atom is 0.186 e. The molecule has 0 saturated carbocycles. The molecule has 6 nitrogen and oxygen atoms in total. The molecule has 1 aromatic rings. The molecule has 1 saturated heterocycles. The van der Waals surface area contributed by atoms with Gasteiger partial charge in [0.15, 0.2) is 16.1 Å². The van der Waals surface area contributed by atoms with Gasteiger partial charge < -0.3 is 19.7 Å². The fourth-order valence-corrected chi connectivity index (χ4v) is 4.19. The van der Waals surface area contributed by atoms with Crippen LogP contribution in [0, 0.1) is 6.92 Å². The molecule has 0 bridgehead atoms. The summed E-state index contributed by atoms with van der Waals surface area (Å²) in [6.07, 6.45) is -3.41. The van der Waals surface area contributed by atoms with Crippen molar-refractivity contribution >= 4 is 9.84 Å². The number of benzene rings is 1. The number of hydrogen-bond donors (Lipinski definition) is 2. The van der Waals surface area contributed by atoms with Gasteiger partial charge >= 0.3 is 0 Å². The van der Waals surface area contributed by atoms with Crippen molar-refractivity contribution in [1.29, 1.82) is 0 Å². The summed E-state index contributed by atoms with van der Waals surface area (Å²) in [5.41, 5.74) is 0.931. The van der Waals surface area contributed by atoms with Gasteiger partial charge in [0, 0.05) is 7.11 Å². The van der Waals surface area contributed by atoms with Crippen LogP contribution in [0.3, 0.4) is 0 Å². The summed E-state index contributed by atoms with van der Waals surface area (Å²) in [5, 5.41) is 18.1. The normalized spacial score (nSPS) is 30.6. The number of methoxy groups -OCH3 is 1. The molecule has 0 aliphatic carbocycles. The highest BCUT2D eigenvalue weighted by Gasteiger charge is 2.51. The van der Waals surface area contributed by atoms with Gasteiger partial charge in [-0.3, -0.25) is 0 Å². The first-order valence-corrected chi connectivity index (χ1v) is 7.74. The Morgan fingerprint density at radius 1 is 1.30 bits per heavy atom. The van der Waals surface area contributed by atoms with Crippen molar-refractivity contribution in [2.45, 2.75) is 35.6 Å². The van der Waals surface area contributed by atoms with E-state index in [0.29, 0.717) is 0 Å². The molecule has 1 fully saturated rings. The van der Waals surface area contributed by atoms with Crippen LogP contribution in [0.1, 0.15) is 5.56 Å². The van der Waals surface area contributed by atoms with Gasteiger partial charge in [-0.05, 0) is 19.1 Å². The van der Waals surface area contributed by atoms with E-state index in [1.165, 1.54) is 19.2 Å². The summed E-state index contributed by atoms with van der Waals surface area (Å²) in [5.74, 6) is 0. The van der Waals surface area contributed by atoms with Crippen molar-refractivity contribution in [3.05, 3.63) is 29.8 Å². The van der Waals surface area contributed by atoms with E-state index in [2.05, 4.69) is 0 Å². The van der Waals surface area contributed by atoms with E-state index in [4.69, 9.17) is 9.47 Å². The highest BCUT2D eigenvalue weighted by molar-refractivity contribution is 7.92. The molecule has 1 aromatic carbocycles. The van der Waals surface area contributed by atoms with E-state index >= 15 is 0 Å². The maximum atomic E-state index is 12.6. The predicted molar refractivity (Wildman–Crippen MR) is 70.9 cm³/mol. The number of sulfone groups is 1. The van der Waals surface area contributed by atoms with Gasteiger partial charge in [0.2, 0.25) is 0 Å². The van der Waals surface area contributed by atoms with Crippen molar-refractivity contribution < 1.29 is 28.1 Å². The van der Waals surface area contributed by atoms with E-state index < -0.39 is 40.2 Å². The minimum atomic E-state index is -3.82. The molecule has 0 amide bonds. The zero-order chi connectivity index (χ0) is 14.9. The first-order valence-electron chi connectivity index (χ1n) is 6.19. The quantitative estimate of drug-likeness (QED) is 0.804. The lowest BCUT2D eigenvalue weighted by Gasteiger charge is -2.19. The monoisotopic (exact) mass is 302 g/mol. The van der Waals surface area contributed by atoms with Crippen molar-refractivity contribution in [2.75, 3.05) is 13.7 Å². The number of rotatable bonds is 4. The Morgan fingerprint density at radius 2 is 1.90 bits per heavy atom. The summed E-state index contributed by atoms with van der Waals surface area (Å²) in [6.45, 7) is 1.34. The molecule has 20 heavy (non-hydrogen) atoms. The Bertz CT molecular complexity index is 551. The number of hydrogen-bond acceptors (Lipinski definition) is 6. The van der Waals surface area contributed by atoms with Gasteiger partial charge in [0.05, 0.1) is 11.5 Å². The van der Waals surface area contributed by atoms with Crippen LogP contribution in [0.4, 0.5) is 0 Å². The van der Waals surface area contributed by atoms with Crippen molar-refractivity contribution in [3.8, 4) is 0 Å². The number of aliphatic hydroxyl groups excluding tert-OH is 2. The number of ether oxygens (including phenoxy) is 2. The second-order valence-corrected chi connectivity index (χ2v) is 6.88. The third-order valence-electron chi connectivity index (χ3n) is 3.41. The standard InChI is InChI=1S/C13H18O6S/c1-8-3-5-9(6-4-8)20(16,17)12-10(7-14)19-13(18-2)11(12)15/h3-6,10-15H,7H2,1-2H3/t10-,11+,12-,13+/m1/s1. The van der Waals surface area contributed by atoms with E-state index in [1.54, 1.807) is 12.1 Å². The highest BCUT2D eigenvalue weighted by atomic mass is 32.2. The Labute approximate surface area is 117 Å². The Hall–Kier alpha value is -0.990. The summed E-state index contributed by atoms with van der Waals surface area (Å²) in [6, 6.07) is 6.31. The van der Waals surface area contributed by atoms with E-state index in [1.807, 2.05) is 6.92 Å². The average molecular weight is 302 g/mol. The van der Waals surface area contributed by atoms with E-state index in [9.17, 15) is 18.6 Å². The van der Waals surface area contributed by atoms with Gasteiger partial charge in [-0.2, -0.15) is 0 Å². The molecule has 2 N–H and O–H groups in total. The third kappa shape index (κ3) is 2.59. The summed E-state index contributed by atoms with van der Waals surface area (Å²) < 4.78 is 35.3. The van der Waals surface area contributed by atoms with Crippen molar-refractivity contribution in [2.24, 2.45) is 0 Å². The largest absolute Gasteiger partial charge is 0.394 e. The summed E-state index contributed by atoms with van der Waals surface area (Å²) in [4.78, 5) is 0.0888. The molecular weight excluding hydrogens is 284 g/mol. The zero-order valence-corrected chi connectivity index (χ0v) is 12.1. The predicted octanol–water partition coefficient (Wildman–Crippen LogP) is -0.138. The molecular formula is C13H18O6S. The topological polar surface area (TPSA) is 93.1 Å². The zero-order valence-electron chi connectivity index (χ0n) is 11.3. The lowest BCUT2D eigenvalue weighted by atomic mass is 10.2. The lowest BCUT2D eigenvalue weighted by Crippen LogP contribution is -2.41. The SMILES string of the molecule is CO[C@H]1O[C@H](CO)[C@@H](S(=O)(=O)c2ccc(C)cc2)[C@@H]1O. The van der Waals surface area contributed by atoms with Gasteiger partial charge in [-0.1, -0.05) is 17.7 Å². The van der Waals surface area contributed by atoms with Crippen LogP contribution in [-0.4, -0.2) is 56.1 Å². The van der Waals surface area contributed by atoms with Crippen LogP contribution in [0.15, 0.2) is 29.2 Å². The van der Waals surface area contributed by atoms with Gasteiger partial charge in [0.1, 0.15) is 17.5 Å². The van der Waals surface area contributed by atoms with Crippen LogP contribution < -0.4 is 0 Å². The fraction of sp³-hybridized carbons (Fsp3) is 0.538. The molecule has 1 aliphatic heterocycles. The minimum Gasteiger partial charge on any atom is -0.394 e. The molecule has 0 unspecified atom stereocenters. The van der Waals surface area contributed by atoms with Gasteiger partial charge in [-0.15, -0.1) is 0 Å². The Morgan fingerprint density at radius 3 is 2.40 bits per heavy atom. The second-order valence-electron chi connectivity index (χ2n) is 4.77. The van der Waals surface area contributed by atoms with E-state index in [-0.39, 0.29) is 4.90 Å². The van der Waals surface area contributed by atoms with Crippen molar-refractivity contribution in [1.82, 2.24) is 0 Å². The first-order chi connectivity index (χ1) is 9.41. The minimum absolute atomic E-state index is 0.0888. The summed E-state index contributed by atoms with van der Waals surface area (Å²) >= 11 is 0. The maximum absolute atomic E-state index is 12.6. The van der Waals surface area contributed by atoms with E-state index in [0.717, 1.165) is 5.56 Å². The summed E-state index contributed by atoms with van der Waals surface area (Å²) in [7, 11) is -2.52. The lowest BCUT2D eigenvalue weighted by molar-refractivity contribution is -0.153. The third-order valence-corrected chi connectivity index (χ3v) is 5.64. The number of aryl methyl sites for hydroxylation is 1. The average Bonchev–Trinajstić information content (AvgIpc) is 2.76. The molecule has 0 radical (unpaired) electrons. The Balaban J connectivity index is 2.39. The van der Waals surface area contributed by atoms with Crippen LogP contribution in [0.5, 0.6) is 0 Å². The molecule has 0 aromatic heterocycles. The van der Waals surface area contributed by atoms with Gasteiger partial charge in [-0.25, -0.2) is 8.42 Å². The fourth-order valence-electron chi connectivity index (χ4n) is 2.32. The second kappa shape index (κ2) is 5.79. The smallest absolute Gasteiger partial charge is 0.186 e. The Kier molecular flexibility index (Phi) is 4.46. The van der Waals surface area contributed by atoms with Gasteiger partial charge in [0.25, 0.3) is 0 Å². The molecule has 2 rings (SSSR count). The molecule has 0 spiro atoms. The molecule has 4 atom stereocenters. The van der Waals surface area contributed by atoms with Crippen LogP contribution >= 0.6 is 0 Å². The molecule has 1 heterocycles. The first kappa shape index (κ1) is 15.4. The van der Waals surface area contributed by atoms with Crippen LogP contribution in [-0.2, 0) is 19.3 Å². The molecule has 1 aliphatic rings. The highest BCUT2D eigenvalue weighted by Crippen LogP contribution is 2.31.